The van der Waals surface area contributed by atoms with Gasteiger partial charge >= 0.3 is 0 Å². The van der Waals surface area contributed by atoms with Crippen LogP contribution < -0.4 is 0 Å². The summed E-state index contributed by atoms with van der Waals surface area (Å²) >= 11 is 11.6. The molecule has 19 heavy (non-hydrogen) atoms. The molecule has 0 aliphatic heterocycles. The van der Waals surface area contributed by atoms with Crippen molar-refractivity contribution >= 4 is 23.2 Å². The maximum absolute atomic E-state index is 13.0. The first-order chi connectivity index (χ1) is 9.04. The summed E-state index contributed by atoms with van der Waals surface area (Å²) in [6.45, 7) is 6.88. The highest BCUT2D eigenvalue weighted by Gasteiger charge is 2.12. The molecule has 1 rings (SSSR count). The van der Waals surface area contributed by atoms with E-state index in [9.17, 15) is 4.39 Å². The lowest BCUT2D eigenvalue weighted by molar-refractivity contribution is 0.0984. The highest BCUT2D eigenvalue weighted by molar-refractivity contribution is 6.31. The molecular formula is C14H20Cl2FNO. The minimum absolute atomic E-state index is 0.310. The molecule has 0 N–H and O–H groups in total. The minimum atomic E-state index is -0.310. The summed E-state index contributed by atoms with van der Waals surface area (Å²) in [4.78, 5) is 2.23. The third kappa shape index (κ3) is 6.09. The molecule has 1 aromatic rings. The number of nitrogens with zero attached hydrogens (tertiary/aromatic N) is 1. The van der Waals surface area contributed by atoms with Crippen molar-refractivity contribution in [3.63, 3.8) is 0 Å². The second-order valence-electron chi connectivity index (χ2n) is 4.60. The summed E-state index contributed by atoms with van der Waals surface area (Å²) in [6, 6.07) is 4.87. The van der Waals surface area contributed by atoms with Crippen LogP contribution in [0.3, 0.4) is 0 Å². The fourth-order valence-corrected chi connectivity index (χ4v) is 2.06. The van der Waals surface area contributed by atoms with E-state index in [1.165, 1.54) is 12.1 Å². The van der Waals surface area contributed by atoms with Gasteiger partial charge in [-0.25, -0.2) is 4.39 Å². The number of hydrogen-bond donors (Lipinski definition) is 0. The lowest BCUT2D eigenvalue weighted by Gasteiger charge is -2.26. The van der Waals surface area contributed by atoms with Crippen LogP contribution in [0.4, 0.5) is 4.39 Å². The molecule has 0 heterocycles. The quantitative estimate of drug-likeness (QED) is 0.533. The van der Waals surface area contributed by atoms with Crippen LogP contribution in [-0.2, 0) is 11.3 Å². The zero-order valence-corrected chi connectivity index (χ0v) is 12.8. The second-order valence-corrected chi connectivity index (χ2v) is 5.39. The van der Waals surface area contributed by atoms with Gasteiger partial charge in [0.15, 0.2) is 0 Å². The lowest BCUT2D eigenvalue weighted by atomic mass is 10.2. The summed E-state index contributed by atoms with van der Waals surface area (Å²) in [6.07, 6.45) is 0. The molecule has 0 saturated heterocycles. The van der Waals surface area contributed by atoms with E-state index in [1.54, 1.807) is 6.07 Å². The van der Waals surface area contributed by atoms with Crippen molar-refractivity contribution in [2.45, 2.75) is 26.4 Å². The first-order valence-corrected chi connectivity index (χ1v) is 7.27. The maximum atomic E-state index is 13.0. The topological polar surface area (TPSA) is 12.5 Å². The van der Waals surface area contributed by atoms with Crippen LogP contribution in [0.5, 0.6) is 0 Å². The van der Waals surface area contributed by atoms with Crippen LogP contribution in [0, 0.1) is 5.82 Å². The molecule has 1 aromatic carbocycles. The zero-order chi connectivity index (χ0) is 14.3. The molecule has 0 radical (unpaired) electrons. The Hall–Kier alpha value is -0.350. The molecule has 0 amide bonds. The number of ether oxygens (including phenoxy) is 1. The van der Waals surface area contributed by atoms with Crippen molar-refractivity contribution < 1.29 is 9.13 Å². The summed E-state index contributed by atoms with van der Waals surface area (Å²) in [5.74, 6) is 0.196. The van der Waals surface area contributed by atoms with E-state index in [4.69, 9.17) is 27.9 Å². The molecule has 0 aliphatic rings. The fraction of sp³-hybridized carbons (Fsp3) is 0.571. The molecule has 0 atom stereocenters. The van der Waals surface area contributed by atoms with E-state index >= 15 is 0 Å². The second kappa shape index (κ2) is 8.75. The van der Waals surface area contributed by atoms with Crippen molar-refractivity contribution in [2.75, 3.05) is 25.6 Å². The average Bonchev–Trinajstić information content (AvgIpc) is 2.35. The van der Waals surface area contributed by atoms with Crippen LogP contribution >= 0.6 is 23.2 Å². The van der Waals surface area contributed by atoms with Gasteiger partial charge in [-0.05, 0) is 31.5 Å². The number of alkyl halides is 1. The van der Waals surface area contributed by atoms with Crippen molar-refractivity contribution in [3.05, 3.63) is 34.6 Å². The van der Waals surface area contributed by atoms with Crippen molar-refractivity contribution in [1.82, 2.24) is 4.90 Å². The molecule has 0 saturated carbocycles. The van der Waals surface area contributed by atoms with Gasteiger partial charge in [0.25, 0.3) is 0 Å². The molecule has 0 aliphatic carbocycles. The Morgan fingerprint density at radius 2 is 2.05 bits per heavy atom. The molecule has 108 valence electrons. The SMILES string of the molecule is CC(C)N(CCOCCCl)Cc1ccc(F)cc1Cl. The predicted molar refractivity (Wildman–Crippen MR) is 78.5 cm³/mol. The van der Waals surface area contributed by atoms with Gasteiger partial charge in [-0.3, -0.25) is 4.90 Å². The van der Waals surface area contributed by atoms with Gasteiger partial charge in [-0.2, -0.15) is 0 Å². The third-order valence-electron chi connectivity index (χ3n) is 2.86. The van der Waals surface area contributed by atoms with Gasteiger partial charge < -0.3 is 4.74 Å². The highest BCUT2D eigenvalue weighted by atomic mass is 35.5. The van der Waals surface area contributed by atoms with Gasteiger partial charge in [0.2, 0.25) is 0 Å². The van der Waals surface area contributed by atoms with E-state index in [2.05, 4.69) is 18.7 Å². The van der Waals surface area contributed by atoms with E-state index in [0.717, 1.165) is 12.1 Å². The van der Waals surface area contributed by atoms with Gasteiger partial charge in [0.1, 0.15) is 5.82 Å². The Morgan fingerprint density at radius 3 is 2.63 bits per heavy atom. The molecular weight excluding hydrogens is 288 g/mol. The lowest BCUT2D eigenvalue weighted by Crippen LogP contribution is -2.33. The molecule has 0 aromatic heterocycles. The Kier molecular flexibility index (Phi) is 7.69. The molecule has 0 bridgehead atoms. The third-order valence-corrected chi connectivity index (χ3v) is 3.37. The van der Waals surface area contributed by atoms with Crippen LogP contribution in [0.2, 0.25) is 5.02 Å². The normalized spacial score (nSPS) is 11.5. The summed E-state index contributed by atoms with van der Waals surface area (Å²) in [5, 5.41) is 0.465. The van der Waals surface area contributed by atoms with Crippen molar-refractivity contribution in [3.8, 4) is 0 Å². The standard InChI is InChI=1S/C14H20Cl2FNO/c1-11(2)18(6-8-19-7-5-15)10-12-3-4-13(17)9-14(12)16/h3-4,9,11H,5-8,10H2,1-2H3. The van der Waals surface area contributed by atoms with E-state index in [-0.39, 0.29) is 5.82 Å². The Bertz CT molecular complexity index is 388. The molecule has 0 spiro atoms. The molecule has 2 nitrogen and oxygen atoms in total. The van der Waals surface area contributed by atoms with Gasteiger partial charge in [0, 0.05) is 30.0 Å². The molecule has 0 unspecified atom stereocenters. The number of halogens is 3. The van der Waals surface area contributed by atoms with Gasteiger partial charge in [-0.15, -0.1) is 11.6 Å². The summed E-state index contributed by atoms with van der Waals surface area (Å²) in [5.41, 5.74) is 0.925. The highest BCUT2D eigenvalue weighted by Crippen LogP contribution is 2.19. The Morgan fingerprint density at radius 1 is 1.32 bits per heavy atom. The van der Waals surface area contributed by atoms with Gasteiger partial charge in [-0.1, -0.05) is 17.7 Å². The van der Waals surface area contributed by atoms with Crippen LogP contribution in [0.15, 0.2) is 18.2 Å². The molecule has 5 heteroatoms. The Labute approximate surface area is 124 Å². The summed E-state index contributed by atoms with van der Waals surface area (Å²) in [7, 11) is 0. The average molecular weight is 308 g/mol. The van der Waals surface area contributed by atoms with Crippen LogP contribution in [0.25, 0.3) is 0 Å². The Balaban J connectivity index is 2.57. The van der Waals surface area contributed by atoms with E-state index < -0.39 is 0 Å². The number of hydrogen-bond acceptors (Lipinski definition) is 2. The van der Waals surface area contributed by atoms with Gasteiger partial charge in [0.05, 0.1) is 13.2 Å². The van der Waals surface area contributed by atoms with Crippen LogP contribution in [-0.4, -0.2) is 36.6 Å². The number of benzene rings is 1. The minimum Gasteiger partial charge on any atom is -0.379 e. The van der Waals surface area contributed by atoms with Crippen molar-refractivity contribution in [2.24, 2.45) is 0 Å². The predicted octanol–water partition coefficient (Wildman–Crippen LogP) is 3.94. The first-order valence-electron chi connectivity index (χ1n) is 6.36. The maximum Gasteiger partial charge on any atom is 0.124 e. The first kappa shape index (κ1) is 16.7. The van der Waals surface area contributed by atoms with Crippen molar-refractivity contribution in [1.29, 1.82) is 0 Å². The van der Waals surface area contributed by atoms with Crippen LogP contribution in [0.1, 0.15) is 19.4 Å². The largest absolute Gasteiger partial charge is 0.379 e. The smallest absolute Gasteiger partial charge is 0.124 e. The fourth-order valence-electron chi connectivity index (χ4n) is 1.73. The monoisotopic (exact) mass is 307 g/mol. The van der Waals surface area contributed by atoms with E-state index in [0.29, 0.717) is 36.7 Å². The summed E-state index contributed by atoms with van der Waals surface area (Å²) < 4.78 is 18.4. The zero-order valence-electron chi connectivity index (χ0n) is 11.3. The number of rotatable bonds is 8. The molecule has 0 fully saturated rings. The van der Waals surface area contributed by atoms with E-state index in [1.807, 2.05) is 0 Å².